The van der Waals surface area contributed by atoms with Crippen molar-refractivity contribution in [2.75, 3.05) is 5.75 Å². The molecule has 0 saturated heterocycles. The fourth-order valence-corrected chi connectivity index (χ4v) is 7.24. The molecule has 2 unspecified atom stereocenters. The van der Waals surface area contributed by atoms with Gasteiger partial charge in [0.15, 0.2) is 9.84 Å². The number of rotatable bonds is 2. The highest BCUT2D eigenvalue weighted by Gasteiger charge is 2.53. The number of alkyl halides is 1. The lowest BCUT2D eigenvalue weighted by atomic mass is 9.96. The van der Waals surface area contributed by atoms with E-state index in [0.717, 1.165) is 16.2 Å². The first kappa shape index (κ1) is 18.8. The van der Waals surface area contributed by atoms with Crippen molar-refractivity contribution >= 4 is 49.6 Å². The number of pyridine rings is 1. The molecule has 3 atom stereocenters. The summed E-state index contributed by atoms with van der Waals surface area (Å²) in [4.78, 5) is 10.2. The van der Waals surface area contributed by atoms with E-state index in [1.54, 1.807) is 13.8 Å². The third-order valence-corrected chi connectivity index (χ3v) is 10.2. The quantitative estimate of drug-likeness (QED) is 0.748. The Labute approximate surface area is 167 Å². The largest absolute Gasteiger partial charge is 0.386 e. The first-order valence-electron chi connectivity index (χ1n) is 8.58. The second-order valence-electron chi connectivity index (χ2n) is 7.73. The summed E-state index contributed by atoms with van der Waals surface area (Å²) >= 11 is 8.14. The molecule has 2 aliphatic rings. The van der Waals surface area contributed by atoms with Gasteiger partial charge in [0.05, 0.1) is 27.6 Å². The van der Waals surface area contributed by atoms with E-state index < -0.39 is 20.1 Å². The zero-order valence-corrected chi connectivity index (χ0v) is 17.6. The van der Waals surface area contributed by atoms with E-state index in [1.165, 1.54) is 11.8 Å². The number of halogens is 1. The van der Waals surface area contributed by atoms with E-state index in [1.807, 2.05) is 48.0 Å². The molecule has 0 fully saturated rings. The van der Waals surface area contributed by atoms with E-state index >= 15 is 0 Å². The van der Waals surface area contributed by atoms with E-state index in [9.17, 15) is 8.42 Å². The number of nitrogens with zero attached hydrogens (tertiary/aromatic N) is 3. The van der Waals surface area contributed by atoms with Gasteiger partial charge in [0, 0.05) is 17.3 Å². The van der Waals surface area contributed by atoms with Gasteiger partial charge in [-0.1, -0.05) is 6.07 Å². The topological polar surface area (TPSA) is 89.8 Å². The van der Waals surface area contributed by atoms with Gasteiger partial charge < -0.3 is 10.1 Å². The summed E-state index contributed by atoms with van der Waals surface area (Å²) < 4.78 is 26.4. The minimum atomic E-state index is -3.45. The van der Waals surface area contributed by atoms with Crippen molar-refractivity contribution in [1.82, 2.24) is 9.38 Å². The summed E-state index contributed by atoms with van der Waals surface area (Å²) in [5.74, 6) is 0.0582. The van der Waals surface area contributed by atoms with Crippen LogP contribution in [-0.2, 0) is 9.84 Å². The van der Waals surface area contributed by atoms with Crippen molar-refractivity contribution in [2.24, 2.45) is 10.7 Å². The monoisotopic (exact) mass is 424 g/mol. The number of imidazole rings is 1. The number of aromatic nitrogens is 2. The summed E-state index contributed by atoms with van der Waals surface area (Å²) in [6, 6.07) is 5.80. The van der Waals surface area contributed by atoms with Crippen LogP contribution in [0.25, 0.3) is 10.6 Å². The predicted molar refractivity (Wildman–Crippen MR) is 112 cm³/mol. The molecule has 2 aromatic heterocycles. The fourth-order valence-electron chi connectivity index (χ4n) is 3.45. The normalized spacial score (nSPS) is 32.3. The molecule has 0 amide bonds. The molecule has 4 rings (SSSR count). The molecule has 2 aliphatic heterocycles. The van der Waals surface area contributed by atoms with E-state index in [0.29, 0.717) is 0 Å². The first-order valence-corrected chi connectivity index (χ1v) is 11.6. The average Bonchev–Trinajstić information content (AvgIpc) is 3.16. The number of thioether (sulfide) groups is 1. The predicted octanol–water partition coefficient (Wildman–Crippen LogP) is 2.72. The van der Waals surface area contributed by atoms with Gasteiger partial charge in [0.2, 0.25) is 0 Å². The molecule has 6 nitrogen and oxygen atoms in total. The summed E-state index contributed by atoms with van der Waals surface area (Å²) in [6.45, 7) is 5.02. The number of allylic oxidation sites excluding steroid dienone is 1. The van der Waals surface area contributed by atoms with Crippen LogP contribution >= 0.6 is 23.4 Å². The van der Waals surface area contributed by atoms with Crippen LogP contribution in [0, 0.1) is 0 Å². The third-order valence-electron chi connectivity index (χ3n) is 5.34. The standard InChI is InChI=1S/C18H21ClN4O2S2/c1-17(2)16(20)22-18(3,10-27(17,24)25)15-11(19)8-13(26-15)12-9-23-7-5-4-6-14(23)21-12/h4-9,11,15H,10H2,1-3H3,(H2,20,22)/t11?,15?,18-/m0/s1. The van der Waals surface area contributed by atoms with Gasteiger partial charge in [-0.3, -0.25) is 4.99 Å². The van der Waals surface area contributed by atoms with Crippen molar-refractivity contribution in [3.63, 3.8) is 0 Å². The Balaban J connectivity index is 1.68. The Hall–Kier alpha value is -1.51. The van der Waals surface area contributed by atoms with Gasteiger partial charge >= 0.3 is 0 Å². The molecule has 4 heterocycles. The first-order chi connectivity index (χ1) is 12.5. The molecular weight excluding hydrogens is 404 g/mol. The van der Waals surface area contributed by atoms with Crippen molar-refractivity contribution in [2.45, 2.75) is 41.7 Å². The number of amidine groups is 1. The molecular formula is C18H21ClN4O2S2. The van der Waals surface area contributed by atoms with Crippen LogP contribution in [0.2, 0.25) is 0 Å². The highest BCUT2D eigenvalue weighted by Crippen LogP contribution is 2.48. The molecule has 0 aromatic carbocycles. The van der Waals surface area contributed by atoms with Crippen LogP contribution in [0.5, 0.6) is 0 Å². The zero-order chi connectivity index (χ0) is 19.6. The molecule has 0 spiro atoms. The van der Waals surface area contributed by atoms with Crippen LogP contribution in [0.15, 0.2) is 41.7 Å². The lowest BCUT2D eigenvalue weighted by molar-refractivity contribution is 0.472. The molecule has 0 aliphatic carbocycles. The maximum Gasteiger partial charge on any atom is 0.165 e. The van der Waals surface area contributed by atoms with Gasteiger partial charge in [-0.2, -0.15) is 0 Å². The number of aliphatic imine (C=N–C) groups is 1. The highest BCUT2D eigenvalue weighted by atomic mass is 35.5. The van der Waals surface area contributed by atoms with Crippen molar-refractivity contribution in [1.29, 1.82) is 0 Å². The maximum absolute atomic E-state index is 12.8. The Morgan fingerprint density at radius 2 is 2.07 bits per heavy atom. The molecule has 0 bridgehead atoms. The van der Waals surface area contributed by atoms with E-state index in [4.69, 9.17) is 17.3 Å². The minimum absolute atomic E-state index is 0.0825. The summed E-state index contributed by atoms with van der Waals surface area (Å²) in [5.41, 5.74) is 6.83. The molecule has 2 aromatic rings. The van der Waals surface area contributed by atoms with Crippen molar-refractivity contribution in [3.05, 3.63) is 42.4 Å². The maximum atomic E-state index is 12.8. The van der Waals surface area contributed by atoms with Gasteiger partial charge in [-0.15, -0.1) is 23.4 Å². The highest BCUT2D eigenvalue weighted by molar-refractivity contribution is 8.09. The van der Waals surface area contributed by atoms with Gasteiger partial charge in [0.1, 0.15) is 16.2 Å². The number of sulfone groups is 1. The Morgan fingerprint density at radius 3 is 2.74 bits per heavy atom. The molecule has 27 heavy (non-hydrogen) atoms. The van der Waals surface area contributed by atoms with Crippen molar-refractivity contribution < 1.29 is 8.42 Å². The number of fused-ring (bicyclic) bond motifs is 1. The van der Waals surface area contributed by atoms with Crippen LogP contribution in [0.1, 0.15) is 26.5 Å². The Kier molecular flexibility index (Phi) is 4.18. The summed E-state index contributed by atoms with van der Waals surface area (Å²) in [5, 5.41) is -0.615. The summed E-state index contributed by atoms with van der Waals surface area (Å²) in [7, 11) is -3.45. The summed E-state index contributed by atoms with van der Waals surface area (Å²) in [6.07, 6.45) is 5.81. The molecule has 0 radical (unpaired) electrons. The number of hydrogen-bond donors (Lipinski definition) is 1. The van der Waals surface area contributed by atoms with Crippen LogP contribution < -0.4 is 5.73 Å². The van der Waals surface area contributed by atoms with Gasteiger partial charge in [-0.05, 0) is 39.0 Å². The van der Waals surface area contributed by atoms with Gasteiger partial charge in [0.25, 0.3) is 0 Å². The van der Waals surface area contributed by atoms with Crippen molar-refractivity contribution in [3.8, 4) is 0 Å². The molecule has 9 heteroatoms. The average molecular weight is 425 g/mol. The third kappa shape index (κ3) is 2.89. The molecule has 0 saturated carbocycles. The zero-order valence-electron chi connectivity index (χ0n) is 15.3. The second kappa shape index (κ2) is 5.99. The number of nitrogens with two attached hydrogens (primary N) is 1. The minimum Gasteiger partial charge on any atom is -0.386 e. The van der Waals surface area contributed by atoms with Crippen LogP contribution in [0.3, 0.4) is 0 Å². The molecule has 2 N–H and O–H groups in total. The van der Waals surface area contributed by atoms with E-state index in [-0.39, 0.29) is 22.2 Å². The smallest absolute Gasteiger partial charge is 0.165 e. The lowest BCUT2D eigenvalue weighted by Crippen LogP contribution is -2.59. The van der Waals surface area contributed by atoms with Crippen LogP contribution in [-0.4, -0.2) is 50.3 Å². The van der Waals surface area contributed by atoms with Crippen LogP contribution in [0.4, 0.5) is 0 Å². The lowest BCUT2D eigenvalue weighted by Gasteiger charge is -2.41. The van der Waals surface area contributed by atoms with Gasteiger partial charge in [-0.25, -0.2) is 13.4 Å². The fraction of sp³-hybridized carbons (Fsp3) is 0.444. The Morgan fingerprint density at radius 1 is 1.33 bits per heavy atom. The molecule has 144 valence electrons. The SMILES string of the molecule is CC1(C)C(N)=N[C@](C)(C2SC(c3cn4ccccc4n3)=CC2Cl)CS1(=O)=O. The Bertz CT molecular complexity index is 1060. The second-order valence-corrected chi connectivity index (χ2v) is 12.0. The van der Waals surface area contributed by atoms with E-state index in [2.05, 4.69) is 9.98 Å². The number of hydrogen-bond acceptors (Lipinski definition) is 6.